The Kier molecular flexibility index (Phi) is 6.82. The van der Waals surface area contributed by atoms with Gasteiger partial charge in [-0.2, -0.15) is 0 Å². The van der Waals surface area contributed by atoms with Crippen molar-refractivity contribution in [3.63, 3.8) is 0 Å². The van der Waals surface area contributed by atoms with Gasteiger partial charge in [0.1, 0.15) is 11.5 Å². The molecule has 2 aromatic heterocycles. The molecule has 7 nitrogen and oxygen atoms in total. The van der Waals surface area contributed by atoms with Crippen molar-refractivity contribution in [3.8, 4) is 17.1 Å². The minimum absolute atomic E-state index is 0.157. The number of halogens is 1. The van der Waals surface area contributed by atoms with Crippen molar-refractivity contribution in [2.75, 3.05) is 18.2 Å². The monoisotopic (exact) mass is 468 g/mol. The highest BCUT2D eigenvalue weighted by Gasteiger charge is 2.18. The zero-order valence-corrected chi connectivity index (χ0v) is 19.1. The Balaban J connectivity index is 1.55. The van der Waals surface area contributed by atoms with E-state index in [0.717, 1.165) is 22.6 Å². The van der Waals surface area contributed by atoms with Gasteiger partial charge in [-0.05, 0) is 48.9 Å². The number of methoxy groups -OCH3 is 1. The molecule has 0 saturated carbocycles. The lowest BCUT2D eigenvalue weighted by atomic mass is 10.2. The van der Waals surface area contributed by atoms with Crippen LogP contribution in [-0.2, 0) is 11.3 Å². The number of nitrogens with zero attached hydrogens (tertiary/aromatic N) is 3. The Morgan fingerprint density at radius 3 is 2.84 bits per heavy atom. The van der Waals surface area contributed by atoms with Gasteiger partial charge in [0.15, 0.2) is 11.0 Å². The molecule has 4 aromatic rings. The van der Waals surface area contributed by atoms with Crippen LogP contribution in [0, 0.1) is 6.92 Å². The molecular weight excluding hydrogens is 448 g/mol. The molecule has 1 N–H and O–H groups in total. The van der Waals surface area contributed by atoms with E-state index in [4.69, 9.17) is 20.8 Å². The number of furan rings is 1. The number of rotatable bonds is 8. The fraction of sp³-hybridized carbons (Fsp3) is 0.174. The number of aryl methyl sites for hydroxylation is 1. The molecule has 0 radical (unpaired) electrons. The third kappa shape index (κ3) is 5.15. The first-order valence-corrected chi connectivity index (χ1v) is 11.2. The molecule has 0 aliphatic rings. The molecule has 0 unspecified atom stereocenters. The molecule has 9 heteroatoms. The number of nitrogens with one attached hydrogen (secondary N) is 1. The summed E-state index contributed by atoms with van der Waals surface area (Å²) in [7, 11) is 1.62. The first-order valence-electron chi connectivity index (χ1n) is 9.82. The molecule has 0 aliphatic heterocycles. The van der Waals surface area contributed by atoms with Crippen molar-refractivity contribution in [1.82, 2.24) is 14.8 Å². The quantitative estimate of drug-likeness (QED) is 0.354. The maximum Gasteiger partial charge on any atom is 0.234 e. The van der Waals surface area contributed by atoms with E-state index >= 15 is 0 Å². The van der Waals surface area contributed by atoms with E-state index in [1.807, 2.05) is 54.0 Å². The third-order valence-electron chi connectivity index (χ3n) is 4.74. The molecule has 0 spiro atoms. The van der Waals surface area contributed by atoms with Gasteiger partial charge in [-0.25, -0.2) is 0 Å². The maximum absolute atomic E-state index is 12.6. The van der Waals surface area contributed by atoms with Crippen LogP contribution in [0.3, 0.4) is 0 Å². The lowest BCUT2D eigenvalue weighted by molar-refractivity contribution is -0.113. The largest absolute Gasteiger partial charge is 0.497 e. The first kappa shape index (κ1) is 22.0. The summed E-state index contributed by atoms with van der Waals surface area (Å²) in [5.41, 5.74) is 2.49. The van der Waals surface area contributed by atoms with E-state index in [2.05, 4.69) is 15.5 Å². The predicted molar refractivity (Wildman–Crippen MR) is 125 cm³/mol. The summed E-state index contributed by atoms with van der Waals surface area (Å²) < 4.78 is 12.8. The van der Waals surface area contributed by atoms with Gasteiger partial charge >= 0.3 is 0 Å². The van der Waals surface area contributed by atoms with E-state index in [1.54, 1.807) is 25.5 Å². The van der Waals surface area contributed by atoms with Crippen LogP contribution >= 0.6 is 23.4 Å². The minimum atomic E-state index is -0.157. The Morgan fingerprint density at radius 2 is 2.06 bits per heavy atom. The summed E-state index contributed by atoms with van der Waals surface area (Å²) >= 11 is 7.35. The SMILES string of the molecule is COc1cccc(-c2nnc(SCC(=O)Nc3cc(Cl)ccc3C)n2Cc2ccco2)c1. The van der Waals surface area contributed by atoms with Crippen molar-refractivity contribution in [2.45, 2.75) is 18.6 Å². The Hall–Kier alpha value is -3.23. The fourth-order valence-electron chi connectivity index (χ4n) is 3.12. The van der Waals surface area contributed by atoms with Crippen LogP contribution in [0.15, 0.2) is 70.4 Å². The van der Waals surface area contributed by atoms with Crippen LogP contribution < -0.4 is 10.1 Å². The van der Waals surface area contributed by atoms with Crippen molar-refractivity contribution < 1.29 is 13.9 Å². The standard InChI is InChI=1S/C23H21ClN4O3S/c1-15-8-9-17(24)12-20(15)25-21(29)14-32-23-27-26-22(16-5-3-6-18(11-16)30-2)28(23)13-19-7-4-10-31-19/h3-12H,13-14H2,1-2H3,(H,25,29). The predicted octanol–water partition coefficient (Wildman–Crippen LogP) is 5.29. The van der Waals surface area contributed by atoms with Crippen molar-refractivity contribution in [3.05, 3.63) is 77.2 Å². The van der Waals surface area contributed by atoms with Crippen LogP contribution in [0.4, 0.5) is 5.69 Å². The lowest BCUT2D eigenvalue weighted by Crippen LogP contribution is -2.15. The molecule has 0 saturated heterocycles. The number of thioether (sulfide) groups is 1. The molecule has 2 heterocycles. The highest BCUT2D eigenvalue weighted by atomic mass is 35.5. The van der Waals surface area contributed by atoms with E-state index in [1.165, 1.54) is 11.8 Å². The summed E-state index contributed by atoms with van der Waals surface area (Å²) in [6.45, 7) is 2.35. The highest BCUT2D eigenvalue weighted by Crippen LogP contribution is 2.28. The van der Waals surface area contributed by atoms with Gasteiger partial charge < -0.3 is 14.5 Å². The van der Waals surface area contributed by atoms with Gasteiger partial charge in [0, 0.05) is 16.3 Å². The van der Waals surface area contributed by atoms with Gasteiger partial charge in [-0.3, -0.25) is 9.36 Å². The van der Waals surface area contributed by atoms with Crippen LogP contribution in [0.25, 0.3) is 11.4 Å². The van der Waals surface area contributed by atoms with Crippen LogP contribution in [0.2, 0.25) is 5.02 Å². The molecule has 4 rings (SSSR count). The summed E-state index contributed by atoms with van der Waals surface area (Å²) in [6.07, 6.45) is 1.62. The molecule has 164 valence electrons. The smallest absolute Gasteiger partial charge is 0.234 e. The molecule has 2 aromatic carbocycles. The third-order valence-corrected chi connectivity index (χ3v) is 5.95. The number of hydrogen-bond donors (Lipinski definition) is 1. The van der Waals surface area contributed by atoms with Crippen LogP contribution in [0.1, 0.15) is 11.3 Å². The Bertz CT molecular complexity index is 1220. The molecule has 32 heavy (non-hydrogen) atoms. The molecule has 0 aliphatic carbocycles. The zero-order chi connectivity index (χ0) is 22.5. The van der Waals surface area contributed by atoms with E-state index in [9.17, 15) is 4.79 Å². The second-order valence-electron chi connectivity index (χ2n) is 7.00. The second kappa shape index (κ2) is 9.93. The highest BCUT2D eigenvalue weighted by molar-refractivity contribution is 7.99. The van der Waals surface area contributed by atoms with Crippen LogP contribution in [0.5, 0.6) is 5.75 Å². The number of carbonyl (C=O) groups excluding carboxylic acids is 1. The summed E-state index contributed by atoms with van der Waals surface area (Å²) in [6, 6.07) is 16.7. The van der Waals surface area contributed by atoms with Crippen molar-refractivity contribution in [2.24, 2.45) is 0 Å². The van der Waals surface area contributed by atoms with Crippen molar-refractivity contribution >= 4 is 35.0 Å². The summed E-state index contributed by atoms with van der Waals surface area (Å²) in [5.74, 6) is 2.15. The molecule has 0 bridgehead atoms. The van der Waals surface area contributed by atoms with Gasteiger partial charge in [-0.1, -0.05) is 41.6 Å². The number of benzene rings is 2. The van der Waals surface area contributed by atoms with Crippen molar-refractivity contribution in [1.29, 1.82) is 0 Å². The molecule has 1 amide bonds. The first-order chi connectivity index (χ1) is 15.5. The number of carbonyl (C=O) groups is 1. The zero-order valence-electron chi connectivity index (χ0n) is 17.5. The summed E-state index contributed by atoms with van der Waals surface area (Å²) in [4.78, 5) is 12.6. The number of hydrogen-bond acceptors (Lipinski definition) is 6. The van der Waals surface area contributed by atoms with Gasteiger partial charge in [-0.15, -0.1) is 10.2 Å². The van der Waals surface area contributed by atoms with E-state index in [0.29, 0.717) is 28.2 Å². The number of anilines is 1. The summed E-state index contributed by atoms with van der Waals surface area (Å²) in [5, 5.41) is 12.8. The average Bonchev–Trinajstić information content (AvgIpc) is 3.45. The van der Waals surface area contributed by atoms with Gasteiger partial charge in [0.2, 0.25) is 5.91 Å². The molecule has 0 fully saturated rings. The number of amides is 1. The van der Waals surface area contributed by atoms with Crippen LogP contribution in [-0.4, -0.2) is 33.5 Å². The minimum Gasteiger partial charge on any atom is -0.497 e. The molecular formula is C23H21ClN4O3S. The fourth-order valence-corrected chi connectivity index (χ4v) is 4.03. The van der Waals surface area contributed by atoms with E-state index < -0.39 is 0 Å². The van der Waals surface area contributed by atoms with Gasteiger partial charge in [0.05, 0.1) is 25.7 Å². The lowest BCUT2D eigenvalue weighted by Gasteiger charge is -2.11. The molecule has 0 atom stereocenters. The van der Waals surface area contributed by atoms with Gasteiger partial charge in [0.25, 0.3) is 0 Å². The Morgan fingerprint density at radius 1 is 1.19 bits per heavy atom. The Labute approximate surface area is 194 Å². The second-order valence-corrected chi connectivity index (χ2v) is 8.38. The average molecular weight is 469 g/mol. The topological polar surface area (TPSA) is 82.2 Å². The van der Waals surface area contributed by atoms with E-state index in [-0.39, 0.29) is 11.7 Å². The number of ether oxygens (including phenoxy) is 1. The maximum atomic E-state index is 12.6. The number of aromatic nitrogens is 3. The normalized spacial score (nSPS) is 10.8.